The van der Waals surface area contributed by atoms with Crippen molar-refractivity contribution >= 4 is 64.6 Å². The Balaban J connectivity index is 1.05. The maximum absolute atomic E-state index is 7.12. The number of para-hydroxylation sites is 4. The van der Waals surface area contributed by atoms with Crippen LogP contribution in [0.15, 0.2) is 255 Å². The molecule has 0 saturated heterocycles. The van der Waals surface area contributed by atoms with Gasteiger partial charge in [-0.2, -0.15) is 0 Å². The van der Waals surface area contributed by atoms with Gasteiger partial charge in [0.2, 0.25) is 0 Å². The molecule has 14 aromatic carbocycles. The first-order valence-electron chi connectivity index (χ1n) is 28.0. The molecule has 0 saturated carbocycles. The zero-order chi connectivity index (χ0) is 53.4. The number of hydrogen-bond donors (Lipinski definition) is 0. The monoisotopic (exact) mass is 1020 g/mol. The summed E-state index contributed by atoms with van der Waals surface area (Å²) >= 11 is 0. The molecule has 0 aliphatic carbocycles. The van der Waals surface area contributed by atoms with Crippen LogP contribution >= 0.6 is 0 Å². The minimum atomic E-state index is -0.290. The summed E-state index contributed by atoms with van der Waals surface area (Å²) in [6.07, 6.45) is 0. The predicted molar refractivity (Wildman–Crippen MR) is 336 cm³/mol. The highest BCUT2D eigenvalue weighted by atomic mass is 16.5. The molecular weight excluding hydrogens is 969 g/mol. The number of ether oxygens (including phenoxy) is 2. The van der Waals surface area contributed by atoms with E-state index in [1.165, 1.54) is 109 Å². The molecule has 0 amide bonds. The van der Waals surface area contributed by atoms with Crippen LogP contribution in [0.25, 0.3) is 120 Å². The van der Waals surface area contributed by atoms with Crippen LogP contribution in [0.1, 0.15) is 49.9 Å². The lowest BCUT2D eigenvalue weighted by atomic mass is 9.74. The van der Waals surface area contributed by atoms with E-state index in [1.807, 2.05) is 0 Å². The molecule has 0 atom stereocenters. The quantitative estimate of drug-likeness (QED) is 0.160. The van der Waals surface area contributed by atoms with Crippen LogP contribution in [0.5, 0.6) is 23.0 Å². The van der Waals surface area contributed by atoms with E-state index < -0.39 is 0 Å². The summed E-state index contributed by atoms with van der Waals surface area (Å²) in [7, 11) is 0. The Morgan fingerprint density at radius 1 is 0.237 bits per heavy atom. The van der Waals surface area contributed by atoms with Crippen molar-refractivity contribution in [2.24, 2.45) is 0 Å². The van der Waals surface area contributed by atoms with Crippen molar-refractivity contribution in [2.75, 3.05) is 0 Å². The number of hydrogen-bond acceptors (Lipinski definition) is 2. The largest absolute Gasteiger partial charge is 0.456 e. The Bertz CT molecular complexity index is 4650. The summed E-state index contributed by atoms with van der Waals surface area (Å²) in [5.74, 6) is 3.61. The third kappa shape index (κ3) is 6.85. The van der Waals surface area contributed by atoms with Gasteiger partial charge in [-0.25, -0.2) is 0 Å². The Morgan fingerprint density at radius 2 is 0.562 bits per heavy atom. The van der Waals surface area contributed by atoms with Crippen LogP contribution in [0.2, 0.25) is 0 Å². The van der Waals surface area contributed by atoms with Gasteiger partial charge in [0, 0.05) is 44.2 Å². The predicted octanol–water partition coefficient (Wildman–Crippen LogP) is 21.8. The number of fused-ring (bicyclic) bond motifs is 10. The standard InChI is InChI=1S/C78H54O2/c1-77(2)67-33-9-11-37-71(67)79-75-61(31-17-35-69(75)77)55-25-15-29-59-65(55)46-66-56(62-32-18-36-70-76(62)80-72-38-12-10-34-68(72)78(70,3)4)26-16-30-60(66)74(59)73-57-27-13-23-53(51-41-39-47-19-5-7-21-49(47)43-51)63(57)45-64-54(24-14-28-58(64)73)52-42-40-48-20-6-8-22-50(48)44-52/h5-46H,1-4H3. The zero-order valence-corrected chi connectivity index (χ0v) is 45.1. The molecule has 2 heteroatoms. The van der Waals surface area contributed by atoms with E-state index in [1.54, 1.807) is 0 Å². The van der Waals surface area contributed by atoms with Gasteiger partial charge < -0.3 is 9.47 Å². The third-order valence-electron chi connectivity index (χ3n) is 18.0. The average Bonchev–Trinajstić information content (AvgIpc) is 3.59. The van der Waals surface area contributed by atoms with Crippen molar-refractivity contribution < 1.29 is 9.47 Å². The average molecular weight is 1020 g/mol. The Labute approximate surface area is 465 Å². The maximum Gasteiger partial charge on any atom is 0.139 e. The van der Waals surface area contributed by atoms with Crippen LogP contribution in [0.3, 0.4) is 0 Å². The van der Waals surface area contributed by atoms with Crippen LogP contribution in [0.4, 0.5) is 0 Å². The lowest BCUT2D eigenvalue weighted by Gasteiger charge is -2.35. The molecule has 0 bridgehead atoms. The van der Waals surface area contributed by atoms with E-state index in [4.69, 9.17) is 9.47 Å². The highest BCUT2D eigenvalue weighted by Crippen LogP contribution is 2.56. The van der Waals surface area contributed by atoms with Gasteiger partial charge in [0.1, 0.15) is 23.0 Å². The van der Waals surface area contributed by atoms with Crippen LogP contribution in [-0.4, -0.2) is 0 Å². The second kappa shape index (κ2) is 17.4. The van der Waals surface area contributed by atoms with E-state index >= 15 is 0 Å². The molecule has 16 rings (SSSR count). The highest BCUT2D eigenvalue weighted by molar-refractivity contribution is 6.28. The number of benzene rings is 14. The number of rotatable bonds is 5. The van der Waals surface area contributed by atoms with Crippen LogP contribution in [0, 0.1) is 0 Å². The molecule has 2 aliphatic heterocycles. The van der Waals surface area contributed by atoms with Crippen molar-refractivity contribution in [1.82, 2.24) is 0 Å². The molecular formula is C78H54O2. The topological polar surface area (TPSA) is 18.5 Å². The molecule has 2 aliphatic rings. The summed E-state index contributed by atoms with van der Waals surface area (Å²) in [6, 6.07) is 94.4. The molecule has 80 heavy (non-hydrogen) atoms. The summed E-state index contributed by atoms with van der Waals surface area (Å²) in [5, 5.41) is 14.3. The normalized spacial score (nSPS) is 13.9. The van der Waals surface area contributed by atoms with Gasteiger partial charge in [0.05, 0.1) is 0 Å². The van der Waals surface area contributed by atoms with Gasteiger partial charge in [-0.15, -0.1) is 0 Å². The Kier molecular flexibility index (Phi) is 10.1. The van der Waals surface area contributed by atoms with E-state index in [-0.39, 0.29) is 10.8 Å². The van der Waals surface area contributed by atoms with Gasteiger partial charge >= 0.3 is 0 Å². The first-order chi connectivity index (χ1) is 39.2. The fourth-order valence-electron chi connectivity index (χ4n) is 13.9. The van der Waals surface area contributed by atoms with Crippen LogP contribution < -0.4 is 9.47 Å². The van der Waals surface area contributed by atoms with Crippen molar-refractivity contribution in [3.8, 4) is 78.6 Å². The summed E-state index contributed by atoms with van der Waals surface area (Å²) in [5.41, 5.74) is 15.7. The van der Waals surface area contributed by atoms with E-state index in [0.717, 1.165) is 56.0 Å². The van der Waals surface area contributed by atoms with E-state index in [0.29, 0.717) is 0 Å². The molecule has 0 unspecified atom stereocenters. The molecule has 0 fully saturated rings. The van der Waals surface area contributed by atoms with Crippen molar-refractivity contribution in [1.29, 1.82) is 0 Å². The molecule has 0 N–H and O–H groups in total. The van der Waals surface area contributed by atoms with Crippen LogP contribution in [-0.2, 0) is 10.8 Å². The summed E-state index contributed by atoms with van der Waals surface area (Å²) < 4.78 is 14.2. The smallest absolute Gasteiger partial charge is 0.139 e. The van der Waals surface area contributed by atoms with E-state index in [9.17, 15) is 0 Å². The van der Waals surface area contributed by atoms with Crippen molar-refractivity contribution in [3.05, 3.63) is 277 Å². The molecule has 2 nitrogen and oxygen atoms in total. The third-order valence-corrected chi connectivity index (χ3v) is 18.0. The Hall–Kier alpha value is -9.76. The Morgan fingerprint density at radius 3 is 0.988 bits per heavy atom. The van der Waals surface area contributed by atoms with Crippen molar-refractivity contribution in [3.63, 3.8) is 0 Å². The molecule has 0 spiro atoms. The molecule has 0 aromatic heterocycles. The fraction of sp³-hybridized carbons (Fsp3) is 0.0769. The van der Waals surface area contributed by atoms with Gasteiger partial charge in [-0.3, -0.25) is 0 Å². The molecule has 2 heterocycles. The lowest BCUT2D eigenvalue weighted by Crippen LogP contribution is -2.24. The van der Waals surface area contributed by atoms with Crippen molar-refractivity contribution in [2.45, 2.75) is 38.5 Å². The van der Waals surface area contributed by atoms with E-state index in [2.05, 4.69) is 282 Å². The van der Waals surface area contributed by atoms with Gasteiger partial charge in [0.25, 0.3) is 0 Å². The van der Waals surface area contributed by atoms with Gasteiger partial charge in [-0.1, -0.05) is 246 Å². The minimum absolute atomic E-state index is 0.290. The second-order valence-corrected chi connectivity index (χ2v) is 23.0. The first kappa shape index (κ1) is 46.3. The molecule has 14 aromatic rings. The summed E-state index contributed by atoms with van der Waals surface area (Å²) in [6.45, 7) is 9.29. The maximum atomic E-state index is 7.12. The molecule has 378 valence electrons. The highest BCUT2D eigenvalue weighted by Gasteiger charge is 2.37. The van der Waals surface area contributed by atoms with Gasteiger partial charge in [-0.05, 0) is 146 Å². The van der Waals surface area contributed by atoms with Gasteiger partial charge in [0.15, 0.2) is 0 Å². The molecule has 0 radical (unpaired) electrons. The lowest BCUT2D eigenvalue weighted by molar-refractivity contribution is 0.419. The minimum Gasteiger partial charge on any atom is -0.456 e. The zero-order valence-electron chi connectivity index (χ0n) is 45.1. The first-order valence-corrected chi connectivity index (χ1v) is 28.0. The summed E-state index contributed by atoms with van der Waals surface area (Å²) in [4.78, 5) is 0. The second-order valence-electron chi connectivity index (χ2n) is 23.0. The fourth-order valence-corrected chi connectivity index (χ4v) is 13.9. The SMILES string of the molecule is CC1(C)c2ccccc2Oc2c(-c3cccc4c(-c5c6cccc(-c7ccc8ccccc8c7)c6cc6c(-c7ccc8ccccc8c7)cccc56)c5cccc(-c6cccc7c6Oc6ccccc6C7(C)C)c5cc34)cccc21.